The fourth-order valence-corrected chi connectivity index (χ4v) is 2.89. The van der Waals surface area contributed by atoms with Crippen molar-refractivity contribution in [1.29, 1.82) is 0 Å². The van der Waals surface area contributed by atoms with Gasteiger partial charge in [0.15, 0.2) is 11.5 Å². The molecule has 1 amide bonds. The number of fused-ring (bicyclic) bond motifs is 1. The first-order valence-electron chi connectivity index (χ1n) is 8.72. The summed E-state index contributed by atoms with van der Waals surface area (Å²) in [6, 6.07) is 13.3. The molecule has 1 aliphatic rings. The van der Waals surface area contributed by atoms with E-state index in [2.05, 4.69) is 5.32 Å². The van der Waals surface area contributed by atoms with Crippen LogP contribution in [0, 0.1) is 0 Å². The number of hydrogen-bond acceptors (Lipinski definition) is 4. The first-order valence-corrected chi connectivity index (χ1v) is 8.72. The normalized spacial score (nSPS) is 14.1. The molecule has 0 aromatic heterocycles. The Hall–Kier alpha value is -2.95. The molecule has 1 atom stereocenters. The Morgan fingerprint density at radius 2 is 1.96 bits per heavy atom. The van der Waals surface area contributed by atoms with Gasteiger partial charge in [-0.05, 0) is 36.3 Å². The molecule has 0 saturated carbocycles. The number of carbonyl (C=O) groups excluding carboxylic acids is 1. The van der Waals surface area contributed by atoms with E-state index in [1.54, 1.807) is 13.2 Å². The number of methoxy groups -OCH3 is 1. The molecule has 0 bridgehead atoms. The molecule has 2 aromatic carbocycles. The molecular weight excluding hydrogens is 330 g/mol. The molecule has 5 heteroatoms. The second-order valence-electron chi connectivity index (χ2n) is 5.95. The third-order valence-electron chi connectivity index (χ3n) is 4.25. The molecule has 0 saturated heterocycles. The lowest BCUT2D eigenvalue weighted by Gasteiger charge is -2.22. The van der Waals surface area contributed by atoms with Crippen molar-refractivity contribution in [2.45, 2.75) is 19.4 Å². The first kappa shape index (κ1) is 17.9. The molecule has 0 radical (unpaired) electrons. The van der Waals surface area contributed by atoms with Crippen LogP contribution in [0.4, 0.5) is 0 Å². The second kappa shape index (κ2) is 8.43. The summed E-state index contributed by atoms with van der Waals surface area (Å²) in [6.07, 6.45) is 4.05. The molecule has 0 fully saturated rings. The standard InChI is InChI=1S/C21H23NO4/c1-3-17(16-8-10-19-20(14-16)26-13-12-25-19)22-21(23)11-9-15-6-4-5-7-18(15)24-2/h4-11,14,17H,3,12-13H2,1-2H3,(H,22,23)/b11-9+. The second-order valence-corrected chi connectivity index (χ2v) is 5.95. The van der Waals surface area contributed by atoms with Crippen molar-refractivity contribution < 1.29 is 19.0 Å². The number of carbonyl (C=O) groups is 1. The molecule has 1 heterocycles. The molecule has 1 unspecified atom stereocenters. The van der Waals surface area contributed by atoms with E-state index in [-0.39, 0.29) is 11.9 Å². The van der Waals surface area contributed by atoms with Gasteiger partial charge in [-0.3, -0.25) is 4.79 Å². The smallest absolute Gasteiger partial charge is 0.244 e. The summed E-state index contributed by atoms with van der Waals surface area (Å²) < 4.78 is 16.5. The van der Waals surface area contributed by atoms with E-state index in [1.807, 2.05) is 49.4 Å². The van der Waals surface area contributed by atoms with Gasteiger partial charge in [-0.2, -0.15) is 0 Å². The summed E-state index contributed by atoms with van der Waals surface area (Å²) in [5, 5.41) is 3.03. The van der Waals surface area contributed by atoms with Crippen molar-refractivity contribution in [3.63, 3.8) is 0 Å². The number of nitrogens with one attached hydrogen (secondary N) is 1. The van der Waals surface area contributed by atoms with Gasteiger partial charge in [0.1, 0.15) is 19.0 Å². The molecule has 2 aromatic rings. The highest BCUT2D eigenvalue weighted by atomic mass is 16.6. The third kappa shape index (κ3) is 4.17. The SMILES string of the molecule is CCC(NC(=O)/C=C/c1ccccc1OC)c1ccc2c(c1)OCCO2. The largest absolute Gasteiger partial charge is 0.496 e. The molecule has 3 rings (SSSR count). The van der Waals surface area contributed by atoms with Crippen LogP contribution in [0.2, 0.25) is 0 Å². The predicted octanol–water partition coefficient (Wildman–Crippen LogP) is 3.75. The van der Waals surface area contributed by atoms with Gasteiger partial charge in [0.25, 0.3) is 0 Å². The highest BCUT2D eigenvalue weighted by Crippen LogP contribution is 2.33. The van der Waals surface area contributed by atoms with Crippen LogP contribution in [0.25, 0.3) is 6.08 Å². The lowest BCUT2D eigenvalue weighted by Crippen LogP contribution is -2.26. The molecular formula is C21H23NO4. The molecule has 1 aliphatic heterocycles. The van der Waals surface area contributed by atoms with Crippen molar-refractivity contribution >= 4 is 12.0 Å². The van der Waals surface area contributed by atoms with Gasteiger partial charge in [-0.25, -0.2) is 0 Å². The van der Waals surface area contributed by atoms with Gasteiger partial charge in [0.2, 0.25) is 5.91 Å². The van der Waals surface area contributed by atoms with Crippen LogP contribution >= 0.6 is 0 Å². The molecule has 1 N–H and O–H groups in total. The number of hydrogen-bond donors (Lipinski definition) is 1. The monoisotopic (exact) mass is 353 g/mol. The predicted molar refractivity (Wildman–Crippen MR) is 101 cm³/mol. The molecule has 136 valence electrons. The topological polar surface area (TPSA) is 56.8 Å². The first-order chi connectivity index (χ1) is 12.7. The van der Waals surface area contributed by atoms with Crippen molar-refractivity contribution in [3.8, 4) is 17.2 Å². The fourth-order valence-electron chi connectivity index (χ4n) is 2.89. The Bertz CT molecular complexity index is 800. The van der Waals surface area contributed by atoms with E-state index in [1.165, 1.54) is 6.08 Å². The molecule has 0 spiro atoms. The van der Waals surface area contributed by atoms with Gasteiger partial charge < -0.3 is 19.5 Å². The van der Waals surface area contributed by atoms with Crippen LogP contribution in [0.1, 0.15) is 30.5 Å². The van der Waals surface area contributed by atoms with E-state index in [9.17, 15) is 4.79 Å². The van der Waals surface area contributed by atoms with Crippen LogP contribution in [-0.4, -0.2) is 26.2 Å². The van der Waals surface area contributed by atoms with Crippen molar-refractivity contribution in [1.82, 2.24) is 5.32 Å². The summed E-state index contributed by atoms with van der Waals surface area (Å²) >= 11 is 0. The number of benzene rings is 2. The molecule has 26 heavy (non-hydrogen) atoms. The van der Waals surface area contributed by atoms with Gasteiger partial charge in [-0.1, -0.05) is 31.2 Å². The maximum atomic E-state index is 12.4. The number of para-hydroxylation sites is 1. The van der Waals surface area contributed by atoms with Crippen LogP contribution in [0.5, 0.6) is 17.2 Å². The van der Waals surface area contributed by atoms with Crippen molar-refractivity contribution in [2.24, 2.45) is 0 Å². The van der Waals surface area contributed by atoms with Crippen LogP contribution in [0.15, 0.2) is 48.5 Å². The van der Waals surface area contributed by atoms with Gasteiger partial charge >= 0.3 is 0 Å². The fraction of sp³-hybridized carbons (Fsp3) is 0.286. The highest BCUT2D eigenvalue weighted by molar-refractivity contribution is 5.92. The van der Waals surface area contributed by atoms with E-state index in [0.29, 0.717) is 13.2 Å². The van der Waals surface area contributed by atoms with Crippen LogP contribution in [0.3, 0.4) is 0 Å². The van der Waals surface area contributed by atoms with Gasteiger partial charge in [-0.15, -0.1) is 0 Å². The van der Waals surface area contributed by atoms with E-state index < -0.39 is 0 Å². The Labute approximate surface area is 153 Å². The van der Waals surface area contributed by atoms with Crippen molar-refractivity contribution in [3.05, 3.63) is 59.7 Å². The minimum atomic E-state index is -0.155. The van der Waals surface area contributed by atoms with Gasteiger partial charge in [0, 0.05) is 11.6 Å². The zero-order valence-electron chi connectivity index (χ0n) is 15.0. The van der Waals surface area contributed by atoms with Crippen LogP contribution in [-0.2, 0) is 4.79 Å². The molecule has 5 nitrogen and oxygen atoms in total. The number of ether oxygens (including phenoxy) is 3. The van der Waals surface area contributed by atoms with Gasteiger partial charge in [0.05, 0.1) is 13.2 Å². The lowest BCUT2D eigenvalue weighted by atomic mass is 10.0. The quantitative estimate of drug-likeness (QED) is 0.804. The molecule has 0 aliphatic carbocycles. The van der Waals surface area contributed by atoms with Crippen LogP contribution < -0.4 is 19.5 Å². The summed E-state index contributed by atoms with van der Waals surface area (Å²) in [4.78, 5) is 12.4. The minimum Gasteiger partial charge on any atom is -0.496 e. The summed E-state index contributed by atoms with van der Waals surface area (Å²) in [5.74, 6) is 2.05. The lowest BCUT2D eigenvalue weighted by molar-refractivity contribution is -0.117. The zero-order valence-corrected chi connectivity index (χ0v) is 15.0. The highest BCUT2D eigenvalue weighted by Gasteiger charge is 2.17. The summed E-state index contributed by atoms with van der Waals surface area (Å²) in [7, 11) is 1.61. The average Bonchev–Trinajstić information content (AvgIpc) is 2.70. The Kier molecular flexibility index (Phi) is 5.79. The van der Waals surface area contributed by atoms with E-state index in [4.69, 9.17) is 14.2 Å². The maximum absolute atomic E-state index is 12.4. The van der Waals surface area contributed by atoms with E-state index in [0.717, 1.165) is 34.8 Å². The summed E-state index contributed by atoms with van der Waals surface area (Å²) in [5.41, 5.74) is 1.85. The maximum Gasteiger partial charge on any atom is 0.244 e. The number of amides is 1. The number of rotatable bonds is 6. The third-order valence-corrected chi connectivity index (χ3v) is 4.25. The van der Waals surface area contributed by atoms with Crippen molar-refractivity contribution in [2.75, 3.05) is 20.3 Å². The minimum absolute atomic E-state index is 0.0966. The van der Waals surface area contributed by atoms with E-state index >= 15 is 0 Å². The Morgan fingerprint density at radius 1 is 1.19 bits per heavy atom. The summed E-state index contributed by atoms with van der Waals surface area (Å²) in [6.45, 7) is 3.14. The zero-order chi connectivity index (χ0) is 18.4. The Morgan fingerprint density at radius 3 is 2.73 bits per heavy atom. The Balaban J connectivity index is 1.69. The average molecular weight is 353 g/mol.